The molecule has 112 valence electrons. The van der Waals surface area contributed by atoms with Crippen LogP contribution in [0.25, 0.3) is 10.2 Å². The van der Waals surface area contributed by atoms with Crippen molar-refractivity contribution in [2.24, 2.45) is 11.8 Å². The van der Waals surface area contributed by atoms with Gasteiger partial charge in [-0.1, -0.05) is 35.6 Å². The van der Waals surface area contributed by atoms with Crippen LogP contribution in [0.4, 0.5) is 5.13 Å². The molecule has 1 aromatic heterocycles. The van der Waals surface area contributed by atoms with Crippen molar-refractivity contribution in [3.8, 4) is 0 Å². The maximum atomic E-state index is 12.5. The molecule has 0 unspecified atom stereocenters. The predicted octanol–water partition coefficient (Wildman–Crippen LogP) is 1.89. The highest BCUT2D eigenvalue weighted by molar-refractivity contribution is 7.22. The number of amides is 1. The molecule has 1 amide bonds. The molecule has 2 N–H and O–H groups in total. The van der Waals surface area contributed by atoms with Crippen LogP contribution < -0.4 is 5.32 Å². The van der Waals surface area contributed by atoms with Gasteiger partial charge in [0.25, 0.3) is 0 Å². The fourth-order valence-corrected chi connectivity index (χ4v) is 3.90. The van der Waals surface area contributed by atoms with Crippen molar-refractivity contribution in [2.45, 2.75) is 12.2 Å². The molecule has 6 nitrogen and oxygen atoms in total. The number of benzene rings is 1. The highest BCUT2D eigenvalue weighted by Gasteiger charge is 2.53. The molecule has 1 saturated heterocycles. The van der Waals surface area contributed by atoms with E-state index in [0.717, 1.165) is 10.2 Å². The lowest BCUT2D eigenvalue weighted by molar-refractivity contribution is -0.145. The Bertz CT molecular complexity index is 767. The van der Waals surface area contributed by atoms with Crippen LogP contribution in [0.15, 0.2) is 36.4 Å². The van der Waals surface area contributed by atoms with E-state index in [1.165, 1.54) is 11.3 Å². The Hall–Kier alpha value is -2.25. The summed E-state index contributed by atoms with van der Waals surface area (Å²) in [5.41, 5.74) is 0.807. The summed E-state index contributed by atoms with van der Waals surface area (Å²) in [4.78, 5) is 28.2. The van der Waals surface area contributed by atoms with Crippen molar-refractivity contribution < 1.29 is 19.4 Å². The normalized spacial score (nSPS) is 29.1. The van der Waals surface area contributed by atoms with Crippen LogP contribution in [0.5, 0.6) is 0 Å². The van der Waals surface area contributed by atoms with Crippen molar-refractivity contribution in [2.75, 3.05) is 5.32 Å². The second kappa shape index (κ2) is 4.89. The monoisotopic (exact) mass is 316 g/mol. The Balaban J connectivity index is 1.59. The van der Waals surface area contributed by atoms with E-state index >= 15 is 0 Å². The van der Waals surface area contributed by atoms with Crippen molar-refractivity contribution in [1.29, 1.82) is 0 Å². The van der Waals surface area contributed by atoms with Gasteiger partial charge in [0.05, 0.1) is 28.3 Å². The van der Waals surface area contributed by atoms with Gasteiger partial charge in [-0.2, -0.15) is 0 Å². The van der Waals surface area contributed by atoms with Gasteiger partial charge in [0.2, 0.25) is 5.91 Å². The number of para-hydroxylation sites is 1. The number of aromatic nitrogens is 1. The number of thiazole rings is 1. The number of hydrogen-bond donors (Lipinski definition) is 2. The van der Waals surface area contributed by atoms with E-state index in [2.05, 4.69) is 10.3 Å². The fourth-order valence-electron chi connectivity index (χ4n) is 3.03. The van der Waals surface area contributed by atoms with Crippen LogP contribution in [0.3, 0.4) is 0 Å². The zero-order valence-electron chi connectivity index (χ0n) is 11.3. The summed E-state index contributed by atoms with van der Waals surface area (Å²) in [6.45, 7) is 0. The SMILES string of the molecule is O=C(Nc1nc2ccccc2s1)[C@@H]1[C@@H](C(=O)O)[C@H]2C=C[C@@H]1O2. The molecule has 22 heavy (non-hydrogen) atoms. The molecule has 4 rings (SSSR count). The molecular weight excluding hydrogens is 304 g/mol. The van der Waals surface area contributed by atoms with Crippen molar-refractivity contribution in [3.05, 3.63) is 36.4 Å². The molecule has 0 saturated carbocycles. The number of nitrogens with one attached hydrogen (secondary N) is 1. The minimum atomic E-state index is -1.01. The number of fused-ring (bicyclic) bond motifs is 3. The maximum absolute atomic E-state index is 12.5. The van der Waals surface area contributed by atoms with E-state index in [1.54, 1.807) is 12.2 Å². The number of aliphatic carboxylic acids is 1. The Morgan fingerprint density at radius 3 is 2.64 bits per heavy atom. The van der Waals surface area contributed by atoms with Crippen LogP contribution in [0.1, 0.15) is 0 Å². The first kappa shape index (κ1) is 13.4. The van der Waals surface area contributed by atoms with Gasteiger partial charge >= 0.3 is 5.97 Å². The number of carboxylic acid groups (broad SMARTS) is 1. The van der Waals surface area contributed by atoms with Gasteiger partial charge in [0, 0.05) is 0 Å². The van der Waals surface area contributed by atoms with Gasteiger partial charge in [0.1, 0.15) is 5.92 Å². The first-order chi connectivity index (χ1) is 10.6. The van der Waals surface area contributed by atoms with Crippen molar-refractivity contribution in [3.63, 3.8) is 0 Å². The molecule has 2 aliphatic rings. The number of nitrogens with zero attached hydrogens (tertiary/aromatic N) is 1. The molecule has 0 spiro atoms. The van der Waals surface area contributed by atoms with Gasteiger partial charge in [-0.25, -0.2) is 4.98 Å². The zero-order chi connectivity index (χ0) is 15.3. The topological polar surface area (TPSA) is 88.5 Å². The van der Waals surface area contributed by atoms with Gasteiger partial charge < -0.3 is 15.2 Å². The molecule has 0 radical (unpaired) electrons. The Morgan fingerprint density at radius 2 is 1.91 bits per heavy atom. The molecule has 1 aromatic carbocycles. The minimum absolute atomic E-state index is 0.358. The van der Waals surface area contributed by atoms with E-state index in [0.29, 0.717) is 5.13 Å². The highest BCUT2D eigenvalue weighted by atomic mass is 32.1. The Labute approximate surface area is 129 Å². The van der Waals surface area contributed by atoms with Gasteiger partial charge in [-0.15, -0.1) is 0 Å². The first-order valence-electron chi connectivity index (χ1n) is 6.86. The fraction of sp³-hybridized carbons (Fsp3) is 0.267. The molecular formula is C15H12N2O4S. The average Bonchev–Trinajstić information content (AvgIpc) is 3.19. The van der Waals surface area contributed by atoms with Crippen molar-refractivity contribution >= 4 is 38.6 Å². The molecule has 0 aliphatic carbocycles. The van der Waals surface area contributed by atoms with Crippen LogP contribution in [0.2, 0.25) is 0 Å². The number of anilines is 1. The quantitative estimate of drug-likeness (QED) is 0.844. The lowest BCUT2D eigenvalue weighted by atomic mass is 9.82. The second-order valence-corrected chi connectivity index (χ2v) is 6.35. The second-order valence-electron chi connectivity index (χ2n) is 5.32. The molecule has 2 aromatic rings. The molecule has 3 heterocycles. The number of ether oxygens (including phenoxy) is 1. The van der Waals surface area contributed by atoms with Crippen LogP contribution in [-0.4, -0.2) is 34.2 Å². The molecule has 2 aliphatic heterocycles. The standard InChI is InChI=1S/C15H12N2O4S/c18-13(11-8-5-6-9(21-8)12(11)14(19)20)17-15-16-7-3-1-2-4-10(7)22-15/h1-6,8-9,11-12H,(H,19,20)(H,16,17,18)/t8-,9+,11-,12-/m0/s1. The number of carbonyl (C=O) groups excluding carboxylic acids is 1. The summed E-state index contributed by atoms with van der Waals surface area (Å²) in [5, 5.41) is 12.5. The minimum Gasteiger partial charge on any atom is -0.481 e. The number of carboxylic acids is 1. The van der Waals surface area contributed by atoms with Gasteiger partial charge in [-0.05, 0) is 12.1 Å². The molecule has 7 heteroatoms. The van der Waals surface area contributed by atoms with Crippen LogP contribution >= 0.6 is 11.3 Å². The third-order valence-corrected chi connectivity index (χ3v) is 4.96. The Kier molecular flexibility index (Phi) is 2.98. The third-order valence-electron chi connectivity index (χ3n) is 4.01. The average molecular weight is 316 g/mol. The summed E-state index contributed by atoms with van der Waals surface area (Å²) in [7, 11) is 0. The van der Waals surface area contributed by atoms with E-state index in [1.807, 2.05) is 24.3 Å². The summed E-state index contributed by atoms with van der Waals surface area (Å²) >= 11 is 1.36. The highest BCUT2D eigenvalue weighted by Crippen LogP contribution is 2.40. The lowest BCUT2D eigenvalue weighted by Gasteiger charge is -2.20. The number of hydrogen-bond acceptors (Lipinski definition) is 5. The van der Waals surface area contributed by atoms with E-state index in [4.69, 9.17) is 4.74 Å². The lowest BCUT2D eigenvalue weighted by Crippen LogP contribution is -2.39. The van der Waals surface area contributed by atoms with Crippen LogP contribution in [0, 0.1) is 11.8 Å². The van der Waals surface area contributed by atoms with E-state index in [-0.39, 0.29) is 5.91 Å². The zero-order valence-corrected chi connectivity index (χ0v) is 12.1. The largest absolute Gasteiger partial charge is 0.481 e. The smallest absolute Gasteiger partial charge is 0.310 e. The van der Waals surface area contributed by atoms with E-state index in [9.17, 15) is 14.7 Å². The molecule has 2 bridgehead atoms. The summed E-state index contributed by atoms with van der Waals surface area (Å²) in [5.74, 6) is -2.94. The first-order valence-corrected chi connectivity index (χ1v) is 7.68. The Morgan fingerprint density at radius 1 is 1.18 bits per heavy atom. The predicted molar refractivity (Wildman–Crippen MR) is 80.7 cm³/mol. The summed E-state index contributed by atoms with van der Waals surface area (Å²) in [6.07, 6.45) is 2.48. The number of carbonyl (C=O) groups is 2. The molecule has 1 fully saturated rings. The maximum Gasteiger partial charge on any atom is 0.310 e. The van der Waals surface area contributed by atoms with E-state index < -0.39 is 30.0 Å². The molecule has 4 atom stereocenters. The van der Waals surface area contributed by atoms with Crippen molar-refractivity contribution in [1.82, 2.24) is 4.98 Å². The van der Waals surface area contributed by atoms with Gasteiger partial charge in [-0.3, -0.25) is 9.59 Å². The third kappa shape index (κ3) is 2.01. The summed E-state index contributed by atoms with van der Waals surface area (Å²) < 4.78 is 6.48. The van der Waals surface area contributed by atoms with Gasteiger partial charge in [0.15, 0.2) is 5.13 Å². The van der Waals surface area contributed by atoms with Crippen LogP contribution in [-0.2, 0) is 14.3 Å². The summed E-state index contributed by atoms with van der Waals surface area (Å²) in [6, 6.07) is 7.57. The number of rotatable bonds is 3.